The maximum atomic E-state index is 9.44. The fourth-order valence-corrected chi connectivity index (χ4v) is 2.78. The number of hydrogen-bond acceptors (Lipinski definition) is 2. The minimum atomic E-state index is 0.167. The maximum Gasteiger partial charge on any atom is 0.126 e. The molecule has 0 aliphatic carbocycles. The van der Waals surface area contributed by atoms with Crippen molar-refractivity contribution in [3.8, 4) is 0 Å². The van der Waals surface area contributed by atoms with Gasteiger partial charge < -0.3 is 4.79 Å². The normalized spacial score (nSPS) is 14.2. The first-order chi connectivity index (χ1) is 11.0. The zero-order chi connectivity index (χ0) is 17.7. The number of benzene rings is 1. The van der Waals surface area contributed by atoms with Gasteiger partial charge in [0.2, 0.25) is 0 Å². The smallest absolute Gasteiger partial charge is 0.126 e. The van der Waals surface area contributed by atoms with E-state index < -0.39 is 0 Å². The molecule has 0 spiro atoms. The molecule has 0 amide bonds. The Morgan fingerprint density at radius 2 is 1.65 bits per heavy atom. The van der Waals surface area contributed by atoms with Gasteiger partial charge in [0.1, 0.15) is 5.78 Å². The number of rotatable bonds is 4. The minimum Gasteiger partial charge on any atom is -0.300 e. The zero-order valence-corrected chi connectivity index (χ0v) is 16.2. The van der Waals surface area contributed by atoms with E-state index in [1.165, 1.54) is 75.7 Å². The number of aryl methyl sites for hydroxylation is 2. The van der Waals surface area contributed by atoms with E-state index in [2.05, 4.69) is 36.9 Å². The van der Waals surface area contributed by atoms with E-state index in [0.717, 1.165) is 6.54 Å². The fraction of sp³-hybridized carbons (Fsp3) is 0.667. The largest absolute Gasteiger partial charge is 0.300 e. The first-order valence-electron chi connectivity index (χ1n) is 9.31. The third-order valence-corrected chi connectivity index (χ3v) is 3.78. The number of piperidine rings is 1. The van der Waals surface area contributed by atoms with E-state index in [0.29, 0.717) is 0 Å². The van der Waals surface area contributed by atoms with Gasteiger partial charge in [-0.25, -0.2) is 0 Å². The number of ketones is 1. The molecule has 2 heteroatoms. The summed E-state index contributed by atoms with van der Waals surface area (Å²) in [5, 5.41) is 0. The molecule has 1 fully saturated rings. The molecule has 132 valence electrons. The van der Waals surface area contributed by atoms with E-state index >= 15 is 0 Å². The molecule has 23 heavy (non-hydrogen) atoms. The van der Waals surface area contributed by atoms with Gasteiger partial charge in [-0.15, -0.1) is 0 Å². The van der Waals surface area contributed by atoms with Crippen molar-refractivity contribution in [3.63, 3.8) is 0 Å². The number of nitrogens with zero attached hydrogens (tertiary/aromatic N) is 1. The van der Waals surface area contributed by atoms with Gasteiger partial charge in [-0.2, -0.15) is 0 Å². The van der Waals surface area contributed by atoms with Crippen LogP contribution >= 0.6 is 0 Å². The van der Waals surface area contributed by atoms with Crippen molar-refractivity contribution >= 4 is 5.78 Å². The fourth-order valence-electron chi connectivity index (χ4n) is 2.78. The number of carbonyl (C=O) groups is 1. The highest BCUT2D eigenvalue weighted by atomic mass is 16.1. The van der Waals surface area contributed by atoms with Crippen molar-refractivity contribution in [2.45, 2.75) is 80.2 Å². The van der Waals surface area contributed by atoms with Crippen LogP contribution in [0.3, 0.4) is 0 Å². The number of Topliss-reactive ketones (excluding diaryl/α,β-unsaturated/α-hetero) is 1. The summed E-state index contributed by atoms with van der Waals surface area (Å²) in [5.74, 6) is 0.167. The highest BCUT2D eigenvalue weighted by Crippen LogP contribution is 2.17. The molecule has 1 aliphatic rings. The van der Waals surface area contributed by atoms with Gasteiger partial charge in [-0.05, 0) is 69.8 Å². The molecule has 1 aromatic carbocycles. The first-order valence-corrected chi connectivity index (χ1v) is 9.31. The molecule has 0 bridgehead atoms. The highest BCUT2D eigenvalue weighted by Gasteiger charge is 2.10. The predicted molar refractivity (Wildman–Crippen MR) is 102 cm³/mol. The molecule has 2 rings (SSSR count). The van der Waals surface area contributed by atoms with Crippen LogP contribution in [0, 0.1) is 6.92 Å². The summed E-state index contributed by atoms with van der Waals surface area (Å²) in [6.45, 7) is 15.3. The third-order valence-electron chi connectivity index (χ3n) is 3.78. The Morgan fingerprint density at radius 3 is 2.13 bits per heavy atom. The van der Waals surface area contributed by atoms with Gasteiger partial charge >= 0.3 is 0 Å². The van der Waals surface area contributed by atoms with Gasteiger partial charge in [0.25, 0.3) is 0 Å². The third kappa shape index (κ3) is 10.3. The average Bonchev–Trinajstić information content (AvgIpc) is 2.53. The van der Waals surface area contributed by atoms with Crippen molar-refractivity contribution in [3.05, 3.63) is 34.9 Å². The van der Waals surface area contributed by atoms with Crippen LogP contribution in [-0.2, 0) is 17.8 Å². The molecule has 1 heterocycles. The van der Waals surface area contributed by atoms with Crippen LogP contribution in [0.1, 0.15) is 77.0 Å². The summed E-state index contributed by atoms with van der Waals surface area (Å²) in [7, 11) is 0. The lowest BCUT2D eigenvalue weighted by atomic mass is 10.0. The molecule has 1 aromatic rings. The average molecular weight is 320 g/mol. The highest BCUT2D eigenvalue weighted by molar-refractivity contribution is 5.72. The van der Waals surface area contributed by atoms with Crippen LogP contribution < -0.4 is 0 Å². The Labute approximate surface area is 144 Å². The van der Waals surface area contributed by atoms with Gasteiger partial charge in [0.15, 0.2) is 0 Å². The Bertz CT molecular complexity index is 429. The molecule has 0 saturated carbocycles. The number of hydrogen-bond donors (Lipinski definition) is 0. The first kappa shape index (κ1) is 21.9. The molecule has 0 atom stereocenters. The van der Waals surface area contributed by atoms with Crippen LogP contribution in [-0.4, -0.2) is 23.8 Å². The van der Waals surface area contributed by atoms with Crippen molar-refractivity contribution in [2.24, 2.45) is 0 Å². The summed E-state index contributed by atoms with van der Waals surface area (Å²) < 4.78 is 0. The molecule has 1 aliphatic heterocycles. The summed E-state index contributed by atoms with van der Waals surface area (Å²) >= 11 is 0. The van der Waals surface area contributed by atoms with Gasteiger partial charge in [0.05, 0.1) is 0 Å². The van der Waals surface area contributed by atoms with E-state index in [1.54, 1.807) is 0 Å². The second-order valence-corrected chi connectivity index (χ2v) is 6.26. The lowest BCUT2D eigenvalue weighted by molar-refractivity contribution is -0.114. The van der Waals surface area contributed by atoms with Crippen LogP contribution in [0.15, 0.2) is 18.2 Å². The van der Waals surface area contributed by atoms with Gasteiger partial charge in [-0.1, -0.05) is 51.8 Å². The summed E-state index contributed by atoms with van der Waals surface area (Å²) in [6, 6.07) is 7.05. The van der Waals surface area contributed by atoms with Crippen molar-refractivity contribution < 1.29 is 4.79 Å². The Kier molecular flexibility index (Phi) is 12.6. The molecule has 0 radical (unpaired) electrons. The van der Waals surface area contributed by atoms with Crippen LogP contribution in [0.2, 0.25) is 0 Å². The van der Waals surface area contributed by atoms with E-state index in [1.807, 2.05) is 13.8 Å². The van der Waals surface area contributed by atoms with E-state index in [4.69, 9.17) is 0 Å². The minimum absolute atomic E-state index is 0.167. The molecule has 1 saturated heterocycles. The Morgan fingerprint density at radius 1 is 1.09 bits per heavy atom. The molecule has 2 nitrogen and oxygen atoms in total. The van der Waals surface area contributed by atoms with Gasteiger partial charge in [0, 0.05) is 6.54 Å². The lowest BCUT2D eigenvalue weighted by Crippen LogP contribution is -2.29. The predicted octanol–water partition coefficient (Wildman–Crippen LogP) is 5.55. The lowest BCUT2D eigenvalue weighted by Gasteiger charge is -2.26. The van der Waals surface area contributed by atoms with Crippen molar-refractivity contribution in [1.82, 2.24) is 4.90 Å². The molecule has 0 unspecified atom stereocenters. The molecular formula is C21H37NO. The van der Waals surface area contributed by atoms with Crippen LogP contribution in [0.25, 0.3) is 0 Å². The number of likely N-dealkylation sites (tertiary alicyclic amines) is 1. The maximum absolute atomic E-state index is 9.44. The second-order valence-electron chi connectivity index (χ2n) is 6.26. The summed E-state index contributed by atoms with van der Waals surface area (Å²) in [6.07, 6.45) is 6.65. The quantitative estimate of drug-likeness (QED) is 0.724. The van der Waals surface area contributed by atoms with Crippen LogP contribution in [0.5, 0.6) is 0 Å². The molecule has 0 aromatic heterocycles. The Balaban J connectivity index is 0.000000705. The second kappa shape index (κ2) is 13.3. The van der Waals surface area contributed by atoms with Crippen molar-refractivity contribution in [1.29, 1.82) is 0 Å². The van der Waals surface area contributed by atoms with E-state index in [9.17, 15) is 4.79 Å². The zero-order valence-electron chi connectivity index (χ0n) is 16.2. The molecule has 0 N–H and O–H groups in total. The van der Waals surface area contributed by atoms with Crippen molar-refractivity contribution in [2.75, 3.05) is 13.1 Å². The van der Waals surface area contributed by atoms with Gasteiger partial charge in [-0.3, -0.25) is 4.90 Å². The monoisotopic (exact) mass is 319 g/mol. The number of carbonyl (C=O) groups excluding carboxylic acids is 1. The topological polar surface area (TPSA) is 20.3 Å². The van der Waals surface area contributed by atoms with Crippen LogP contribution in [0.4, 0.5) is 0 Å². The van der Waals surface area contributed by atoms with E-state index in [-0.39, 0.29) is 5.78 Å². The summed E-state index contributed by atoms with van der Waals surface area (Å²) in [5.41, 5.74) is 4.49. The Hall–Kier alpha value is -1.15. The summed E-state index contributed by atoms with van der Waals surface area (Å²) in [4.78, 5) is 12.0. The molecular weight excluding hydrogens is 282 g/mol. The standard InChI is InChI=1S/C16H25N.C3H6O.C2H6/c1-3-7-16-9-8-15(12-14(16)2)13-17-10-5-4-6-11-17;1-3(2)4;1-2/h8-9,12H,3-7,10-11,13H2,1-2H3;1-2H3;1-2H3. The SMILES string of the molecule is CC.CC(C)=O.CCCc1ccc(CN2CCCCC2)cc1C.